The van der Waals surface area contributed by atoms with Crippen molar-refractivity contribution in [3.05, 3.63) is 29.5 Å². The zero-order valence-corrected chi connectivity index (χ0v) is 15.1. The molecule has 8 heteroatoms. The molecule has 1 aliphatic rings. The number of benzene rings is 1. The molecule has 1 aromatic heterocycles. The van der Waals surface area contributed by atoms with Crippen LogP contribution in [0.4, 0.5) is 0 Å². The Morgan fingerprint density at radius 2 is 2.24 bits per heavy atom. The molecule has 1 atom stereocenters. The molecule has 3 rings (SSSR count). The monoisotopic (exact) mass is 366 g/mol. The largest absolute Gasteiger partial charge is 0.460 e. The van der Waals surface area contributed by atoms with Crippen molar-refractivity contribution in [1.82, 2.24) is 10.0 Å². The third-order valence-corrected chi connectivity index (χ3v) is 5.82. The normalized spacial score (nSPS) is 18.4. The summed E-state index contributed by atoms with van der Waals surface area (Å²) >= 11 is 0. The molecule has 2 aromatic rings. The summed E-state index contributed by atoms with van der Waals surface area (Å²) < 4.78 is 38.5. The molecule has 7 nitrogen and oxygen atoms in total. The fourth-order valence-electron chi connectivity index (χ4n) is 3.00. The molecule has 2 N–H and O–H groups in total. The van der Waals surface area contributed by atoms with Gasteiger partial charge in [-0.05, 0) is 51.4 Å². The Morgan fingerprint density at radius 3 is 2.92 bits per heavy atom. The Hall–Kier alpha value is -1.90. The number of furan rings is 1. The van der Waals surface area contributed by atoms with E-state index in [1.807, 2.05) is 0 Å². The quantitative estimate of drug-likeness (QED) is 0.785. The number of piperidine rings is 1. The smallest absolute Gasteiger partial charge is 0.374 e. The van der Waals surface area contributed by atoms with Gasteiger partial charge in [0.25, 0.3) is 0 Å². The first-order chi connectivity index (χ1) is 11.9. The van der Waals surface area contributed by atoms with Crippen LogP contribution in [0.2, 0.25) is 0 Å². The molecule has 136 valence electrons. The van der Waals surface area contributed by atoms with Crippen LogP contribution < -0.4 is 10.0 Å². The molecule has 1 aromatic carbocycles. The van der Waals surface area contributed by atoms with Crippen molar-refractivity contribution < 1.29 is 22.4 Å². The predicted molar refractivity (Wildman–Crippen MR) is 93.1 cm³/mol. The van der Waals surface area contributed by atoms with Gasteiger partial charge in [0.1, 0.15) is 5.58 Å². The molecule has 0 spiro atoms. The van der Waals surface area contributed by atoms with Gasteiger partial charge in [-0.1, -0.05) is 0 Å². The number of carbonyl (C=O) groups excluding carboxylic acids is 1. The Kier molecular flexibility index (Phi) is 5.12. The second kappa shape index (κ2) is 7.15. The van der Waals surface area contributed by atoms with Crippen LogP contribution in [0.1, 0.15) is 35.9 Å². The summed E-state index contributed by atoms with van der Waals surface area (Å²) in [5.41, 5.74) is 1.03. The lowest BCUT2D eigenvalue weighted by Crippen LogP contribution is -2.45. The van der Waals surface area contributed by atoms with E-state index in [-0.39, 0.29) is 23.3 Å². The van der Waals surface area contributed by atoms with Crippen LogP contribution in [0.5, 0.6) is 0 Å². The van der Waals surface area contributed by atoms with Gasteiger partial charge in [-0.3, -0.25) is 0 Å². The van der Waals surface area contributed by atoms with E-state index in [2.05, 4.69) is 10.0 Å². The lowest BCUT2D eigenvalue weighted by molar-refractivity contribution is 0.0491. The van der Waals surface area contributed by atoms with E-state index in [4.69, 9.17) is 9.15 Å². The van der Waals surface area contributed by atoms with E-state index in [0.29, 0.717) is 23.1 Å². The molecular formula is C17H22N2O5S. The van der Waals surface area contributed by atoms with E-state index in [1.165, 1.54) is 12.1 Å². The van der Waals surface area contributed by atoms with Crippen LogP contribution in [-0.4, -0.2) is 40.1 Å². The van der Waals surface area contributed by atoms with Crippen molar-refractivity contribution in [2.45, 2.75) is 37.6 Å². The van der Waals surface area contributed by atoms with E-state index in [0.717, 1.165) is 19.4 Å². The third kappa shape index (κ3) is 3.70. The number of hydrogen-bond donors (Lipinski definition) is 2. The highest BCUT2D eigenvalue weighted by atomic mass is 32.2. The molecular weight excluding hydrogens is 344 g/mol. The lowest BCUT2D eigenvalue weighted by atomic mass is 10.1. The minimum absolute atomic E-state index is 0.107. The highest BCUT2D eigenvalue weighted by molar-refractivity contribution is 7.89. The number of esters is 1. The minimum atomic E-state index is -3.64. The molecule has 0 amide bonds. The Bertz CT molecular complexity index is 882. The van der Waals surface area contributed by atoms with E-state index < -0.39 is 16.0 Å². The maximum atomic E-state index is 12.6. The minimum Gasteiger partial charge on any atom is -0.460 e. The number of nitrogens with one attached hydrogen (secondary N) is 2. The van der Waals surface area contributed by atoms with Crippen LogP contribution in [0, 0.1) is 6.92 Å². The van der Waals surface area contributed by atoms with Crippen LogP contribution in [0.25, 0.3) is 11.0 Å². The SMILES string of the molecule is CCOC(=O)c1oc2ccc(S(=O)(=O)N[C@H]3CCCNC3)cc2c1C. The number of fused-ring (bicyclic) bond motifs is 1. The first-order valence-electron chi connectivity index (χ1n) is 8.35. The molecule has 25 heavy (non-hydrogen) atoms. The molecule has 0 bridgehead atoms. The number of ether oxygens (including phenoxy) is 1. The summed E-state index contributed by atoms with van der Waals surface area (Å²) in [5, 5.41) is 3.77. The van der Waals surface area contributed by atoms with Crippen molar-refractivity contribution in [1.29, 1.82) is 0 Å². The van der Waals surface area contributed by atoms with Gasteiger partial charge in [0, 0.05) is 23.5 Å². The highest BCUT2D eigenvalue weighted by Crippen LogP contribution is 2.28. The van der Waals surface area contributed by atoms with Gasteiger partial charge in [-0.2, -0.15) is 0 Å². The van der Waals surface area contributed by atoms with Gasteiger partial charge in [-0.15, -0.1) is 0 Å². The topological polar surface area (TPSA) is 97.6 Å². The average Bonchev–Trinajstić information content (AvgIpc) is 2.92. The maximum absolute atomic E-state index is 12.6. The van der Waals surface area contributed by atoms with Crippen LogP contribution in [0.3, 0.4) is 0 Å². The van der Waals surface area contributed by atoms with E-state index in [1.54, 1.807) is 19.9 Å². The standard InChI is InChI=1S/C17H22N2O5S/c1-3-23-17(20)16-11(2)14-9-13(6-7-15(14)24-16)25(21,22)19-12-5-4-8-18-10-12/h6-7,9,12,18-19H,3-5,8,10H2,1-2H3/t12-/m0/s1. The number of sulfonamides is 1. The van der Waals surface area contributed by atoms with Crippen LogP contribution in [-0.2, 0) is 14.8 Å². The average molecular weight is 366 g/mol. The summed E-state index contributed by atoms with van der Waals surface area (Å²) in [6.45, 7) is 5.21. The van der Waals surface area contributed by atoms with Crippen molar-refractivity contribution in [2.75, 3.05) is 19.7 Å². The molecule has 0 unspecified atom stereocenters. The molecule has 0 saturated carbocycles. The summed E-state index contributed by atoms with van der Waals surface area (Å²) in [5.74, 6) is -0.442. The molecule has 0 radical (unpaired) electrons. The van der Waals surface area contributed by atoms with Crippen LogP contribution in [0.15, 0.2) is 27.5 Å². The number of aryl methyl sites for hydroxylation is 1. The fourth-order valence-corrected chi connectivity index (χ4v) is 4.29. The van der Waals surface area contributed by atoms with Gasteiger partial charge in [0.05, 0.1) is 11.5 Å². The van der Waals surface area contributed by atoms with E-state index in [9.17, 15) is 13.2 Å². The number of rotatable bonds is 5. The van der Waals surface area contributed by atoms with Gasteiger partial charge < -0.3 is 14.5 Å². The zero-order valence-electron chi connectivity index (χ0n) is 14.3. The van der Waals surface area contributed by atoms with Crippen molar-refractivity contribution >= 4 is 27.0 Å². The lowest BCUT2D eigenvalue weighted by Gasteiger charge is -2.23. The van der Waals surface area contributed by atoms with Crippen LogP contribution >= 0.6 is 0 Å². The summed E-state index contributed by atoms with van der Waals surface area (Å²) in [4.78, 5) is 12.1. The molecule has 1 saturated heterocycles. The van der Waals surface area contributed by atoms with Gasteiger partial charge in [0.15, 0.2) is 0 Å². The second-order valence-corrected chi connectivity index (χ2v) is 7.81. The Labute approximate surface area is 146 Å². The van der Waals surface area contributed by atoms with Gasteiger partial charge in [-0.25, -0.2) is 17.9 Å². The molecule has 1 aliphatic heterocycles. The number of hydrogen-bond acceptors (Lipinski definition) is 6. The van der Waals surface area contributed by atoms with Gasteiger partial charge in [0.2, 0.25) is 15.8 Å². The summed E-state index contributed by atoms with van der Waals surface area (Å²) in [7, 11) is -3.64. The van der Waals surface area contributed by atoms with Crippen molar-refractivity contribution in [3.63, 3.8) is 0 Å². The highest BCUT2D eigenvalue weighted by Gasteiger charge is 2.24. The van der Waals surface area contributed by atoms with Crippen molar-refractivity contribution in [2.24, 2.45) is 0 Å². The fraction of sp³-hybridized carbons (Fsp3) is 0.471. The first kappa shape index (κ1) is 17.9. The molecule has 1 fully saturated rings. The maximum Gasteiger partial charge on any atom is 0.374 e. The Balaban J connectivity index is 1.92. The van der Waals surface area contributed by atoms with Crippen molar-refractivity contribution in [3.8, 4) is 0 Å². The molecule has 2 heterocycles. The summed E-state index contributed by atoms with van der Waals surface area (Å²) in [6.07, 6.45) is 1.75. The molecule has 0 aliphatic carbocycles. The number of carbonyl (C=O) groups is 1. The van der Waals surface area contributed by atoms with E-state index >= 15 is 0 Å². The predicted octanol–water partition coefficient (Wildman–Crippen LogP) is 1.95. The zero-order chi connectivity index (χ0) is 18.0. The third-order valence-electron chi connectivity index (χ3n) is 4.30. The summed E-state index contributed by atoms with van der Waals surface area (Å²) in [6, 6.07) is 4.47. The Morgan fingerprint density at radius 1 is 1.44 bits per heavy atom. The van der Waals surface area contributed by atoms with Gasteiger partial charge >= 0.3 is 5.97 Å². The first-order valence-corrected chi connectivity index (χ1v) is 9.84. The second-order valence-electron chi connectivity index (χ2n) is 6.10.